The van der Waals surface area contributed by atoms with Crippen LogP contribution in [0.5, 0.6) is 5.75 Å². The first-order chi connectivity index (χ1) is 5.83. The number of hydrogen-bond acceptors (Lipinski definition) is 2. The highest BCUT2D eigenvalue weighted by molar-refractivity contribution is 5.94. The first kappa shape index (κ1) is 6.91. The van der Waals surface area contributed by atoms with Gasteiger partial charge in [0.15, 0.2) is 6.29 Å². The van der Waals surface area contributed by atoms with E-state index in [9.17, 15) is 9.90 Å². The van der Waals surface area contributed by atoms with Crippen molar-refractivity contribution in [3.8, 4) is 5.75 Å². The van der Waals surface area contributed by atoms with Crippen molar-refractivity contribution in [3.63, 3.8) is 0 Å². The Morgan fingerprint density at radius 1 is 1.33 bits per heavy atom. The number of aromatic amines is 1. The van der Waals surface area contributed by atoms with Gasteiger partial charge in [-0.25, -0.2) is 0 Å². The van der Waals surface area contributed by atoms with E-state index in [1.807, 2.05) is 0 Å². The first-order valence-electron chi connectivity index (χ1n) is 3.57. The second kappa shape index (κ2) is 2.37. The van der Waals surface area contributed by atoms with Crippen LogP contribution in [-0.2, 0) is 0 Å². The van der Waals surface area contributed by atoms with Crippen molar-refractivity contribution in [2.75, 3.05) is 0 Å². The van der Waals surface area contributed by atoms with E-state index in [-0.39, 0.29) is 5.75 Å². The van der Waals surface area contributed by atoms with E-state index < -0.39 is 0 Å². The average molecular weight is 161 g/mol. The first-order valence-corrected chi connectivity index (χ1v) is 3.57. The molecule has 2 aromatic rings. The molecule has 0 saturated heterocycles. The number of H-pyrrole nitrogens is 1. The van der Waals surface area contributed by atoms with Gasteiger partial charge in [-0.05, 0) is 18.2 Å². The topological polar surface area (TPSA) is 53.1 Å². The fourth-order valence-corrected chi connectivity index (χ4v) is 1.23. The Morgan fingerprint density at radius 2 is 2.17 bits per heavy atom. The Morgan fingerprint density at radius 3 is 2.92 bits per heavy atom. The molecule has 0 bridgehead atoms. The number of carbonyl (C=O) groups is 1. The molecule has 1 heterocycles. The maximum atomic E-state index is 10.4. The average Bonchev–Trinajstić information content (AvgIpc) is 2.53. The van der Waals surface area contributed by atoms with E-state index in [2.05, 4.69) is 4.98 Å². The SMILES string of the molecule is O=Cc1ccc2[nH]ccc2c1O. The molecule has 0 unspecified atom stereocenters. The third-order valence-electron chi connectivity index (χ3n) is 1.86. The number of phenols is 1. The summed E-state index contributed by atoms with van der Waals surface area (Å²) in [4.78, 5) is 13.4. The molecule has 1 aromatic heterocycles. The lowest BCUT2D eigenvalue weighted by Crippen LogP contribution is -1.80. The Balaban J connectivity index is 2.86. The van der Waals surface area contributed by atoms with E-state index in [4.69, 9.17) is 0 Å². The highest BCUT2D eigenvalue weighted by Gasteiger charge is 2.04. The summed E-state index contributed by atoms with van der Waals surface area (Å²) in [6.45, 7) is 0. The summed E-state index contributed by atoms with van der Waals surface area (Å²) < 4.78 is 0. The van der Waals surface area contributed by atoms with Crippen LogP contribution >= 0.6 is 0 Å². The zero-order valence-corrected chi connectivity index (χ0v) is 6.24. The highest BCUT2D eigenvalue weighted by Crippen LogP contribution is 2.26. The third-order valence-corrected chi connectivity index (χ3v) is 1.86. The molecule has 0 aliphatic heterocycles. The van der Waals surface area contributed by atoms with E-state index in [1.54, 1.807) is 24.4 Å². The zero-order valence-electron chi connectivity index (χ0n) is 6.24. The number of carbonyl (C=O) groups excluding carboxylic acids is 1. The monoisotopic (exact) mass is 161 g/mol. The van der Waals surface area contributed by atoms with Crippen LogP contribution in [0.2, 0.25) is 0 Å². The van der Waals surface area contributed by atoms with Crippen LogP contribution in [0.3, 0.4) is 0 Å². The van der Waals surface area contributed by atoms with Crippen molar-refractivity contribution >= 4 is 17.2 Å². The lowest BCUT2D eigenvalue weighted by molar-refractivity contribution is 0.112. The molecule has 0 fully saturated rings. The molecule has 0 radical (unpaired) electrons. The standard InChI is InChI=1S/C9H7NO2/c11-5-6-1-2-8-7(9(6)12)3-4-10-8/h1-5,10,12H. The predicted molar refractivity (Wildman–Crippen MR) is 45.4 cm³/mol. The van der Waals surface area contributed by atoms with Gasteiger partial charge in [-0.2, -0.15) is 0 Å². The summed E-state index contributed by atoms with van der Waals surface area (Å²) in [7, 11) is 0. The van der Waals surface area contributed by atoms with Crippen molar-refractivity contribution in [1.29, 1.82) is 0 Å². The Kier molecular flexibility index (Phi) is 1.37. The minimum Gasteiger partial charge on any atom is -0.506 e. The lowest BCUT2D eigenvalue weighted by Gasteiger charge is -1.97. The molecule has 0 amide bonds. The molecule has 60 valence electrons. The number of benzene rings is 1. The van der Waals surface area contributed by atoms with Gasteiger partial charge in [0, 0.05) is 17.1 Å². The molecular formula is C9H7NO2. The van der Waals surface area contributed by atoms with Crippen LogP contribution < -0.4 is 0 Å². The number of aldehydes is 1. The van der Waals surface area contributed by atoms with Crippen LogP contribution in [0, 0.1) is 0 Å². The molecular weight excluding hydrogens is 154 g/mol. The van der Waals surface area contributed by atoms with Gasteiger partial charge in [0.1, 0.15) is 5.75 Å². The maximum absolute atomic E-state index is 10.4. The molecule has 3 heteroatoms. The number of hydrogen-bond donors (Lipinski definition) is 2. The zero-order chi connectivity index (χ0) is 8.55. The summed E-state index contributed by atoms with van der Waals surface area (Å²) in [5.74, 6) is 0.0451. The summed E-state index contributed by atoms with van der Waals surface area (Å²) in [6.07, 6.45) is 2.36. The van der Waals surface area contributed by atoms with Gasteiger partial charge < -0.3 is 10.1 Å². The molecule has 0 spiro atoms. The summed E-state index contributed by atoms with van der Waals surface area (Å²) >= 11 is 0. The number of fused-ring (bicyclic) bond motifs is 1. The maximum Gasteiger partial charge on any atom is 0.153 e. The third kappa shape index (κ3) is 0.797. The summed E-state index contributed by atoms with van der Waals surface area (Å²) in [5.41, 5.74) is 1.15. The molecule has 2 rings (SSSR count). The Hall–Kier alpha value is -1.77. The second-order valence-corrected chi connectivity index (χ2v) is 2.56. The molecule has 1 aromatic carbocycles. The minimum atomic E-state index is 0.0451. The Labute approximate surface area is 68.6 Å². The van der Waals surface area contributed by atoms with E-state index in [0.29, 0.717) is 17.2 Å². The van der Waals surface area contributed by atoms with Crippen LogP contribution in [0.1, 0.15) is 10.4 Å². The second-order valence-electron chi connectivity index (χ2n) is 2.56. The minimum absolute atomic E-state index is 0.0451. The highest BCUT2D eigenvalue weighted by atomic mass is 16.3. The van der Waals surface area contributed by atoms with Gasteiger partial charge in [0.25, 0.3) is 0 Å². The summed E-state index contributed by atoms with van der Waals surface area (Å²) in [6, 6.07) is 5.08. The fourth-order valence-electron chi connectivity index (χ4n) is 1.23. The van der Waals surface area contributed by atoms with Crippen LogP contribution in [0.4, 0.5) is 0 Å². The largest absolute Gasteiger partial charge is 0.506 e. The van der Waals surface area contributed by atoms with E-state index in [0.717, 1.165) is 5.52 Å². The van der Waals surface area contributed by atoms with Gasteiger partial charge in [-0.15, -0.1) is 0 Å². The smallest absolute Gasteiger partial charge is 0.153 e. The molecule has 0 saturated carbocycles. The number of aromatic hydroxyl groups is 1. The normalized spacial score (nSPS) is 10.3. The molecule has 12 heavy (non-hydrogen) atoms. The molecule has 0 atom stereocenters. The van der Waals surface area contributed by atoms with E-state index in [1.165, 1.54) is 0 Å². The van der Waals surface area contributed by atoms with Crippen molar-refractivity contribution in [1.82, 2.24) is 4.98 Å². The Bertz CT molecular complexity index is 431. The van der Waals surface area contributed by atoms with Crippen molar-refractivity contribution in [2.45, 2.75) is 0 Å². The fraction of sp³-hybridized carbons (Fsp3) is 0. The number of phenolic OH excluding ortho intramolecular Hbond substituents is 1. The van der Waals surface area contributed by atoms with Gasteiger partial charge in [-0.1, -0.05) is 0 Å². The quantitative estimate of drug-likeness (QED) is 0.625. The van der Waals surface area contributed by atoms with Crippen molar-refractivity contribution in [2.24, 2.45) is 0 Å². The van der Waals surface area contributed by atoms with Gasteiger partial charge in [0.2, 0.25) is 0 Å². The van der Waals surface area contributed by atoms with Crippen LogP contribution in [-0.4, -0.2) is 16.4 Å². The van der Waals surface area contributed by atoms with Crippen molar-refractivity contribution < 1.29 is 9.90 Å². The molecule has 0 aliphatic rings. The number of nitrogens with one attached hydrogen (secondary N) is 1. The molecule has 2 N–H and O–H groups in total. The van der Waals surface area contributed by atoms with Gasteiger partial charge in [-0.3, -0.25) is 4.79 Å². The lowest BCUT2D eigenvalue weighted by atomic mass is 10.1. The number of rotatable bonds is 1. The predicted octanol–water partition coefficient (Wildman–Crippen LogP) is 1.69. The van der Waals surface area contributed by atoms with E-state index >= 15 is 0 Å². The summed E-state index contributed by atoms with van der Waals surface area (Å²) in [5, 5.41) is 10.2. The van der Waals surface area contributed by atoms with Gasteiger partial charge in [0.05, 0.1) is 5.56 Å². The van der Waals surface area contributed by atoms with Gasteiger partial charge >= 0.3 is 0 Å². The van der Waals surface area contributed by atoms with Crippen LogP contribution in [0.25, 0.3) is 10.9 Å². The number of aromatic nitrogens is 1. The molecule has 0 aliphatic carbocycles. The van der Waals surface area contributed by atoms with Crippen LogP contribution in [0.15, 0.2) is 24.4 Å². The molecule has 3 nitrogen and oxygen atoms in total. The van der Waals surface area contributed by atoms with Crippen molar-refractivity contribution in [3.05, 3.63) is 30.0 Å².